The van der Waals surface area contributed by atoms with E-state index >= 15 is 0 Å². The molecule has 1 aliphatic carbocycles. The van der Waals surface area contributed by atoms with Gasteiger partial charge in [-0.2, -0.15) is 0 Å². The molecule has 1 aromatic rings. The fourth-order valence-electron chi connectivity index (χ4n) is 3.31. The second kappa shape index (κ2) is 5.96. The molecule has 2 atom stereocenters. The van der Waals surface area contributed by atoms with Gasteiger partial charge in [-0.15, -0.1) is 0 Å². The van der Waals surface area contributed by atoms with Crippen LogP contribution < -0.4 is 4.74 Å². The van der Waals surface area contributed by atoms with E-state index in [1.54, 1.807) is 0 Å². The molecule has 2 unspecified atom stereocenters. The number of hydrogen-bond acceptors (Lipinski definition) is 2. The van der Waals surface area contributed by atoms with Gasteiger partial charge in [0.1, 0.15) is 5.75 Å². The van der Waals surface area contributed by atoms with Crippen LogP contribution in [0.2, 0.25) is 0 Å². The van der Waals surface area contributed by atoms with Crippen molar-refractivity contribution in [1.29, 1.82) is 0 Å². The summed E-state index contributed by atoms with van der Waals surface area (Å²) in [6.45, 7) is 6.23. The maximum absolute atomic E-state index is 11.2. The summed E-state index contributed by atoms with van der Waals surface area (Å²) in [5.74, 6) is 1.19. The van der Waals surface area contributed by atoms with Gasteiger partial charge in [-0.05, 0) is 38.7 Å². The average molecular weight is 262 g/mol. The van der Waals surface area contributed by atoms with Gasteiger partial charge in [-0.25, -0.2) is 0 Å². The van der Waals surface area contributed by atoms with Crippen molar-refractivity contribution in [3.05, 3.63) is 29.8 Å². The van der Waals surface area contributed by atoms with Crippen molar-refractivity contribution in [3.8, 4) is 5.75 Å². The van der Waals surface area contributed by atoms with E-state index in [1.807, 2.05) is 38.1 Å². The van der Waals surface area contributed by atoms with Gasteiger partial charge in [-0.3, -0.25) is 0 Å². The zero-order valence-corrected chi connectivity index (χ0v) is 12.4. The highest BCUT2D eigenvalue weighted by Gasteiger charge is 2.41. The van der Waals surface area contributed by atoms with Crippen LogP contribution in [-0.4, -0.2) is 11.2 Å². The highest BCUT2D eigenvalue weighted by molar-refractivity contribution is 5.39. The summed E-state index contributed by atoms with van der Waals surface area (Å²) in [4.78, 5) is 0. The van der Waals surface area contributed by atoms with Crippen molar-refractivity contribution in [1.82, 2.24) is 0 Å². The van der Waals surface area contributed by atoms with Crippen molar-refractivity contribution in [2.24, 2.45) is 5.92 Å². The molecule has 0 radical (unpaired) electrons. The SMILES string of the molecule is CCC1CCCCC1(O)c1ccccc1OC(C)C. The van der Waals surface area contributed by atoms with Crippen molar-refractivity contribution < 1.29 is 9.84 Å². The number of aliphatic hydroxyl groups is 1. The third-order valence-electron chi connectivity index (χ3n) is 4.24. The molecule has 2 heteroatoms. The van der Waals surface area contributed by atoms with E-state index in [1.165, 1.54) is 6.42 Å². The van der Waals surface area contributed by atoms with Crippen LogP contribution in [0.25, 0.3) is 0 Å². The van der Waals surface area contributed by atoms with Gasteiger partial charge in [0, 0.05) is 5.56 Å². The van der Waals surface area contributed by atoms with E-state index in [0.29, 0.717) is 5.92 Å². The highest BCUT2D eigenvalue weighted by Crippen LogP contribution is 2.46. The van der Waals surface area contributed by atoms with Crippen LogP contribution in [0.3, 0.4) is 0 Å². The third-order valence-corrected chi connectivity index (χ3v) is 4.24. The minimum atomic E-state index is -0.710. The van der Waals surface area contributed by atoms with Gasteiger partial charge in [0.2, 0.25) is 0 Å². The molecule has 1 aliphatic rings. The van der Waals surface area contributed by atoms with Crippen LogP contribution in [0.5, 0.6) is 5.75 Å². The molecule has 2 nitrogen and oxygen atoms in total. The molecule has 0 aromatic heterocycles. The van der Waals surface area contributed by atoms with Gasteiger partial charge < -0.3 is 9.84 Å². The predicted molar refractivity (Wildman–Crippen MR) is 78.4 cm³/mol. The van der Waals surface area contributed by atoms with Gasteiger partial charge in [0.25, 0.3) is 0 Å². The number of ether oxygens (including phenoxy) is 1. The highest BCUT2D eigenvalue weighted by atomic mass is 16.5. The summed E-state index contributed by atoms with van der Waals surface area (Å²) in [6, 6.07) is 8.00. The largest absolute Gasteiger partial charge is 0.491 e. The normalized spacial score (nSPS) is 27.5. The fraction of sp³-hybridized carbons (Fsp3) is 0.647. The van der Waals surface area contributed by atoms with Crippen molar-refractivity contribution in [2.45, 2.75) is 64.6 Å². The van der Waals surface area contributed by atoms with E-state index in [0.717, 1.165) is 37.0 Å². The molecule has 1 saturated carbocycles. The minimum absolute atomic E-state index is 0.133. The first-order valence-electron chi connectivity index (χ1n) is 7.56. The van der Waals surface area contributed by atoms with Crippen LogP contribution in [0.4, 0.5) is 0 Å². The number of benzene rings is 1. The molecule has 19 heavy (non-hydrogen) atoms. The van der Waals surface area contributed by atoms with E-state index in [4.69, 9.17) is 4.74 Å². The number of para-hydroxylation sites is 1. The average Bonchev–Trinajstić information content (AvgIpc) is 2.39. The lowest BCUT2D eigenvalue weighted by Gasteiger charge is -2.41. The molecule has 0 aliphatic heterocycles. The first kappa shape index (κ1) is 14.4. The molecule has 2 rings (SSSR count). The van der Waals surface area contributed by atoms with Gasteiger partial charge >= 0.3 is 0 Å². The lowest BCUT2D eigenvalue weighted by atomic mass is 9.70. The summed E-state index contributed by atoms with van der Waals surface area (Å²) in [7, 11) is 0. The Morgan fingerprint density at radius 3 is 2.74 bits per heavy atom. The third kappa shape index (κ3) is 2.94. The molecule has 1 N–H and O–H groups in total. The molecular formula is C17H26O2. The van der Waals surface area contributed by atoms with Crippen molar-refractivity contribution in [2.75, 3.05) is 0 Å². The Labute approximate surface area is 116 Å². The zero-order valence-electron chi connectivity index (χ0n) is 12.4. The first-order valence-corrected chi connectivity index (χ1v) is 7.56. The van der Waals surface area contributed by atoms with E-state index in [-0.39, 0.29) is 6.10 Å². The Hall–Kier alpha value is -1.02. The zero-order chi connectivity index (χ0) is 13.9. The summed E-state index contributed by atoms with van der Waals surface area (Å²) in [6.07, 6.45) is 5.45. The molecule has 0 heterocycles. The Morgan fingerprint density at radius 1 is 1.32 bits per heavy atom. The van der Waals surface area contributed by atoms with Crippen molar-refractivity contribution >= 4 is 0 Å². The van der Waals surface area contributed by atoms with Crippen LogP contribution in [0.1, 0.15) is 58.4 Å². The van der Waals surface area contributed by atoms with Gasteiger partial charge in [-0.1, -0.05) is 44.4 Å². The monoisotopic (exact) mass is 262 g/mol. The van der Waals surface area contributed by atoms with E-state index in [2.05, 4.69) is 6.92 Å². The lowest BCUT2D eigenvalue weighted by molar-refractivity contribution is -0.0578. The molecule has 106 valence electrons. The molecule has 0 amide bonds. The first-order chi connectivity index (χ1) is 9.08. The van der Waals surface area contributed by atoms with Crippen LogP contribution in [0.15, 0.2) is 24.3 Å². The minimum Gasteiger partial charge on any atom is -0.491 e. The molecule has 1 aromatic carbocycles. The maximum atomic E-state index is 11.2. The van der Waals surface area contributed by atoms with Crippen LogP contribution >= 0.6 is 0 Å². The lowest BCUT2D eigenvalue weighted by Crippen LogP contribution is -2.38. The Kier molecular flexibility index (Phi) is 4.51. The quantitative estimate of drug-likeness (QED) is 0.878. The summed E-state index contributed by atoms with van der Waals surface area (Å²) < 4.78 is 5.90. The molecular weight excluding hydrogens is 236 g/mol. The molecule has 0 saturated heterocycles. The Balaban J connectivity index is 2.38. The number of rotatable bonds is 4. The van der Waals surface area contributed by atoms with Crippen LogP contribution in [-0.2, 0) is 5.60 Å². The maximum Gasteiger partial charge on any atom is 0.125 e. The Bertz CT molecular complexity index is 413. The second-order valence-corrected chi connectivity index (χ2v) is 5.94. The smallest absolute Gasteiger partial charge is 0.125 e. The van der Waals surface area contributed by atoms with Crippen LogP contribution in [0, 0.1) is 5.92 Å². The summed E-state index contributed by atoms with van der Waals surface area (Å²) >= 11 is 0. The topological polar surface area (TPSA) is 29.5 Å². The summed E-state index contributed by atoms with van der Waals surface area (Å²) in [5.41, 5.74) is 0.272. The summed E-state index contributed by atoms with van der Waals surface area (Å²) in [5, 5.41) is 11.2. The fourth-order valence-corrected chi connectivity index (χ4v) is 3.31. The molecule has 0 spiro atoms. The van der Waals surface area contributed by atoms with E-state index < -0.39 is 5.60 Å². The van der Waals surface area contributed by atoms with E-state index in [9.17, 15) is 5.11 Å². The van der Waals surface area contributed by atoms with Gasteiger partial charge in [0.05, 0.1) is 11.7 Å². The number of hydrogen-bond donors (Lipinski definition) is 1. The van der Waals surface area contributed by atoms with Crippen molar-refractivity contribution in [3.63, 3.8) is 0 Å². The standard InChI is InChI=1S/C17H26O2/c1-4-14-9-7-8-12-17(14,18)15-10-5-6-11-16(15)19-13(2)3/h5-6,10-11,13-14,18H,4,7-9,12H2,1-3H3. The molecule has 1 fully saturated rings. The predicted octanol–water partition coefficient (Wildman–Crippen LogP) is 4.26. The van der Waals surface area contributed by atoms with Gasteiger partial charge in [0.15, 0.2) is 0 Å². The molecule has 0 bridgehead atoms. The Morgan fingerprint density at radius 2 is 2.05 bits per heavy atom. The second-order valence-electron chi connectivity index (χ2n) is 5.94.